The van der Waals surface area contributed by atoms with Crippen LogP contribution in [0.5, 0.6) is 0 Å². The maximum absolute atomic E-state index is 11.2. The molecule has 1 atom stereocenters. The first-order valence-corrected chi connectivity index (χ1v) is 4.98. The third-order valence-corrected chi connectivity index (χ3v) is 2.44. The van der Waals surface area contributed by atoms with E-state index in [4.69, 9.17) is 0 Å². The van der Waals surface area contributed by atoms with E-state index in [1.165, 1.54) is 12.8 Å². The number of Topliss-reactive ketones (excluding diaryl/α,β-unsaturated/α-hetero) is 1. The molecule has 0 bridgehead atoms. The largest absolute Gasteiger partial charge is 0.295 e. The lowest BCUT2D eigenvalue weighted by atomic mass is 10.0. The summed E-state index contributed by atoms with van der Waals surface area (Å²) < 4.78 is 0. The van der Waals surface area contributed by atoms with Gasteiger partial charge in [-0.25, -0.2) is 0 Å². The summed E-state index contributed by atoms with van der Waals surface area (Å²) in [5.74, 6) is 0.977. The summed E-state index contributed by atoms with van der Waals surface area (Å²) in [6.07, 6.45) is 7.47. The van der Waals surface area contributed by atoms with E-state index in [2.05, 4.69) is 19.9 Å². The van der Waals surface area contributed by atoms with Gasteiger partial charge in [-0.15, -0.1) is 0 Å². The lowest BCUT2D eigenvalue weighted by Crippen LogP contribution is -1.96. The molecule has 0 heterocycles. The fraction of sp³-hybridized carbons (Fsp3) is 0.727. The Balaban J connectivity index is 2.49. The highest BCUT2D eigenvalue weighted by Crippen LogP contribution is 2.22. The third-order valence-electron chi connectivity index (χ3n) is 2.44. The second kappa shape index (κ2) is 4.44. The molecule has 1 heteroatoms. The number of hydrogen-bond donors (Lipinski definition) is 0. The highest BCUT2D eigenvalue weighted by molar-refractivity contribution is 5.97. The minimum absolute atomic E-state index is 0.387. The van der Waals surface area contributed by atoms with E-state index in [0.717, 1.165) is 24.8 Å². The molecule has 1 unspecified atom stereocenters. The van der Waals surface area contributed by atoms with E-state index in [-0.39, 0.29) is 0 Å². The van der Waals surface area contributed by atoms with Gasteiger partial charge in [-0.2, -0.15) is 0 Å². The summed E-state index contributed by atoms with van der Waals surface area (Å²) in [5.41, 5.74) is 1.09. The summed E-state index contributed by atoms with van der Waals surface area (Å²) in [4.78, 5) is 11.2. The zero-order chi connectivity index (χ0) is 8.97. The monoisotopic (exact) mass is 166 g/mol. The predicted octanol–water partition coefficient (Wildman–Crippen LogP) is 3.10. The molecular formula is C11H18O. The predicted molar refractivity (Wildman–Crippen MR) is 51.0 cm³/mol. The van der Waals surface area contributed by atoms with Crippen LogP contribution in [0.15, 0.2) is 11.6 Å². The topological polar surface area (TPSA) is 17.1 Å². The van der Waals surface area contributed by atoms with Crippen molar-refractivity contribution in [3.63, 3.8) is 0 Å². The average molecular weight is 166 g/mol. The number of carbonyl (C=O) groups is 1. The van der Waals surface area contributed by atoms with E-state index in [0.29, 0.717) is 11.7 Å². The molecule has 0 aromatic carbocycles. The molecule has 0 radical (unpaired) electrons. The zero-order valence-corrected chi connectivity index (χ0v) is 8.10. The molecule has 1 nitrogen and oxygen atoms in total. The van der Waals surface area contributed by atoms with Crippen molar-refractivity contribution < 1.29 is 4.79 Å². The first-order chi connectivity index (χ1) is 5.74. The molecule has 1 rings (SSSR count). The second-order valence-corrected chi connectivity index (χ2v) is 3.73. The van der Waals surface area contributed by atoms with Crippen molar-refractivity contribution in [2.75, 3.05) is 0 Å². The van der Waals surface area contributed by atoms with E-state index >= 15 is 0 Å². The van der Waals surface area contributed by atoms with Gasteiger partial charge in [-0.3, -0.25) is 4.79 Å². The molecule has 1 aliphatic rings. The van der Waals surface area contributed by atoms with Crippen LogP contribution in [0.25, 0.3) is 0 Å². The molecule has 0 aliphatic heterocycles. The van der Waals surface area contributed by atoms with Crippen LogP contribution < -0.4 is 0 Å². The summed E-state index contributed by atoms with van der Waals surface area (Å²) in [7, 11) is 0. The fourth-order valence-electron chi connectivity index (χ4n) is 1.80. The van der Waals surface area contributed by atoms with E-state index < -0.39 is 0 Å². The standard InChI is InChI=1S/C11H18O/c1-3-5-9(2)8-10-6-4-7-11(10)12/h8-9H,3-7H2,1-2H3. The first-order valence-electron chi connectivity index (χ1n) is 4.98. The maximum Gasteiger partial charge on any atom is 0.158 e. The van der Waals surface area contributed by atoms with Crippen molar-refractivity contribution >= 4 is 5.78 Å². The van der Waals surface area contributed by atoms with Crippen molar-refractivity contribution in [1.82, 2.24) is 0 Å². The van der Waals surface area contributed by atoms with Crippen molar-refractivity contribution in [2.45, 2.75) is 46.0 Å². The van der Waals surface area contributed by atoms with Gasteiger partial charge in [0.05, 0.1) is 0 Å². The number of hydrogen-bond acceptors (Lipinski definition) is 1. The Kier molecular flexibility index (Phi) is 3.51. The Bertz CT molecular complexity index is 191. The number of allylic oxidation sites excluding steroid dienone is 2. The smallest absolute Gasteiger partial charge is 0.158 e. The van der Waals surface area contributed by atoms with Crippen molar-refractivity contribution in [2.24, 2.45) is 5.92 Å². The van der Waals surface area contributed by atoms with E-state index in [1.54, 1.807) is 0 Å². The zero-order valence-electron chi connectivity index (χ0n) is 8.10. The Morgan fingerprint density at radius 3 is 2.75 bits per heavy atom. The molecule has 12 heavy (non-hydrogen) atoms. The van der Waals surface area contributed by atoms with Crippen molar-refractivity contribution in [3.05, 3.63) is 11.6 Å². The average Bonchev–Trinajstić information content (AvgIpc) is 2.37. The van der Waals surface area contributed by atoms with E-state index in [1.807, 2.05) is 0 Å². The molecule has 0 aromatic heterocycles. The fourth-order valence-corrected chi connectivity index (χ4v) is 1.80. The minimum Gasteiger partial charge on any atom is -0.295 e. The summed E-state index contributed by atoms with van der Waals surface area (Å²) in [6.45, 7) is 4.38. The Hall–Kier alpha value is -0.590. The Labute approximate surface area is 74.9 Å². The van der Waals surface area contributed by atoms with Gasteiger partial charge in [0.2, 0.25) is 0 Å². The highest BCUT2D eigenvalue weighted by atomic mass is 16.1. The molecule has 1 saturated carbocycles. The highest BCUT2D eigenvalue weighted by Gasteiger charge is 2.16. The molecule has 68 valence electrons. The minimum atomic E-state index is 0.387. The number of ketones is 1. The number of carbonyl (C=O) groups excluding carboxylic acids is 1. The number of rotatable bonds is 3. The van der Waals surface area contributed by atoms with Crippen molar-refractivity contribution in [3.8, 4) is 0 Å². The maximum atomic E-state index is 11.2. The molecule has 0 amide bonds. The van der Waals surface area contributed by atoms with Gasteiger partial charge in [0.1, 0.15) is 0 Å². The lowest BCUT2D eigenvalue weighted by Gasteiger charge is -2.04. The summed E-state index contributed by atoms with van der Waals surface area (Å²) in [6, 6.07) is 0. The van der Waals surface area contributed by atoms with Gasteiger partial charge in [-0.05, 0) is 30.8 Å². The van der Waals surface area contributed by atoms with Crippen LogP contribution in [0.3, 0.4) is 0 Å². The molecular weight excluding hydrogens is 148 g/mol. The van der Waals surface area contributed by atoms with Gasteiger partial charge in [0, 0.05) is 6.42 Å². The van der Waals surface area contributed by atoms with Crippen LogP contribution in [0.2, 0.25) is 0 Å². The Morgan fingerprint density at radius 2 is 2.25 bits per heavy atom. The van der Waals surface area contributed by atoms with Gasteiger partial charge in [0.25, 0.3) is 0 Å². The summed E-state index contributed by atoms with van der Waals surface area (Å²) >= 11 is 0. The molecule has 0 saturated heterocycles. The third kappa shape index (κ3) is 2.47. The quantitative estimate of drug-likeness (QED) is 0.589. The first kappa shape index (κ1) is 9.50. The van der Waals surface area contributed by atoms with Crippen LogP contribution in [-0.4, -0.2) is 5.78 Å². The molecule has 0 N–H and O–H groups in total. The normalized spacial score (nSPS) is 23.5. The van der Waals surface area contributed by atoms with Gasteiger partial charge < -0.3 is 0 Å². The van der Waals surface area contributed by atoms with Gasteiger partial charge in [-0.1, -0.05) is 26.3 Å². The molecule has 0 spiro atoms. The van der Waals surface area contributed by atoms with Gasteiger partial charge in [0.15, 0.2) is 5.78 Å². The molecule has 0 aromatic rings. The lowest BCUT2D eigenvalue weighted by molar-refractivity contribution is -0.114. The van der Waals surface area contributed by atoms with Crippen LogP contribution in [0.4, 0.5) is 0 Å². The Morgan fingerprint density at radius 1 is 1.50 bits per heavy atom. The van der Waals surface area contributed by atoms with E-state index in [9.17, 15) is 4.79 Å². The second-order valence-electron chi connectivity index (χ2n) is 3.73. The van der Waals surface area contributed by atoms with Crippen LogP contribution in [0, 0.1) is 5.92 Å². The van der Waals surface area contributed by atoms with Gasteiger partial charge >= 0.3 is 0 Å². The van der Waals surface area contributed by atoms with Crippen molar-refractivity contribution in [1.29, 1.82) is 0 Å². The van der Waals surface area contributed by atoms with Crippen LogP contribution in [0.1, 0.15) is 46.0 Å². The van der Waals surface area contributed by atoms with Crippen LogP contribution in [-0.2, 0) is 4.79 Å². The summed E-state index contributed by atoms with van der Waals surface area (Å²) in [5, 5.41) is 0. The molecule has 1 fully saturated rings. The SMILES string of the molecule is CCCC(C)C=C1CCCC1=O. The van der Waals surface area contributed by atoms with Crippen LogP contribution >= 0.6 is 0 Å². The molecule has 1 aliphatic carbocycles.